The minimum Gasteiger partial charge on any atom is -0.257 e. The summed E-state index contributed by atoms with van der Waals surface area (Å²) >= 11 is 0. The van der Waals surface area contributed by atoms with Crippen LogP contribution in [0, 0.1) is 0 Å². The zero-order valence-corrected chi connectivity index (χ0v) is 12.1. The lowest BCUT2D eigenvalue weighted by Crippen LogP contribution is -2.70. The van der Waals surface area contributed by atoms with Gasteiger partial charge in [-0.25, -0.2) is 9.13 Å². The maximum atomic E-state index is 13.0. The zero-order valence-electron chi connectivity index (χ0n) is 12.1. The molecule has 0 aromatic heterocycles. The van der Waals surface area contributed by atoms with Crippen molar-refractivity contribution in [2.45, 2.75) is 48.0 Å². The fourth-order valence-corrected chi connectivity index (χ4v) is 1.24. The average Bonchev–Trinajstić information content (AvgIpc) is 2.41. The Bertz CT molecular complexity index is 628. The second kappa shape index (κ2) is 6.69. The van der Waals surface area contributed by atoms with Crippen LogP contribution in [0.1, 0.15) is 0 Å². The molecule has 0 heterocycles. The molecule has 0 aliphatic heterocycles. The summed E-state index contributed by atoms with van der Waals surface area (Å²) < 4.78 is 225. The molecule has 20 heteroatoms. The van der Waals surface area contributed by atoms with Crippen LogP contribution in [0.2, 0.25) is 0 Å². The van der Waals surface area contributed by atoms with Gasteiger partial charge in [0, 0.05) is 0 Å². The lowest BCUT2D eigenvalue weighted by Gasteiger charge is -2.39. The highest BCUT2D eigenvalue weighted by Gasteiger charge is 2.90. The third-order valence-electron chi connectivity index (χ3n) is 2.83. The molecule has 0 saturated heterocycles. The smallest absolute Gasteiger partial charge is 0.257 e. The molecule has 174 valence electrons. The Labute approximate surface area is 144 Å². The third kappa shape index (κ3) is 3.78. The van der Waals surface area contributed by atoms with Gasteiger partial charge in [0.15, 0.2) is 0 Å². The summed E-state index contributed by atoms with van der Waals surface area (Å²) in [5.74, 6) is -25.0. The molecule has 1 atom stereocenters. The summed E-state index contributed by atoms with van der Waals surface area (Å²) in [6, 6.07) is -4.96. The van der Waals surface area contributed by atoms with Gasteiger partial charge in [-0.05, 0) is 0 Å². The van der Waals surface area contributed by atoms with Crippen LogP contribution in [-0.4, -0.2) is 54.0 Å². The minimum absolute atomic E-state index is 1.08. The number of carbonyl (C=O) groups excluding carboxylic acids is 1. The van der Waals surface area contributed by atoms with Crippen LogP contribution in [-0.2, 0) is 9.53 Å². The highest BCUT2D eigenvalue weighted by atomic mass is 19.4. The molecule has 0 aliphatic carbocycles. The topological polar surface area (TPSA) is 26.3 Å². The van der Waals surface area contributed by atoms with Gasteiger partial charge in [0.1, 0.15) is 0 Å². The van der Waals surface area contributed by atoms with E-state index in [0.29, 0.717) is 0 Å². The molecule has 0 radical (unpaired) electrons. The van der Waals surface area contributed by atoms with Crippen LogP contribution in [0.15, 0.2) is 0 Å². The fraction of sp³-hybridized carbons (Fsp3) is 0.889. The van der Waals surface area contributed by atoms with Gasteiger partial charge in [-0.1, -0.05) is 0 Å². The van der Waals surface area contributed by atoms with Gasteiger partial charge in [-0.15, -0.1) is 0 Å². The van der Waals surface area contributed by atoms with Gasteiger partial charge in [0.05, 0.1) is 0 Å². The van der Waals surface area contributed by atoms with Gasteiger partial charge in [0.2, 0.25) is 0 Å². The first-order valence-corrected chi connectivity index (χ1v) is 5.76. The first-order valence-electron chi connectivity index (χ1n) is 5.76. The van der Waals surface area contributed by atoms with Crippen molar-refractivity contribution >= 4 is 6.04 Å². The zero-order chi connectivity index (χ0) is 24.3. The number of alkyl halides is 17. The van der Waals surface area contributed by atoms with Gasteiger partial charge in [-0.2, -0.15) is 74.6 Å². The summed E-state index contributed by atoms with van der Waals surface area (Å²) in [6.45, 7) is 0. The molecule has 1 unspecified atom stereocenters. The van der Waals surface area contributed by atoms with E-state index >= 15 is 0 Å². The average molecular weight is 482 g/mol. The monoisotopic (exact) mass is 482 g/mol. The van der Waals surface area contributed by atoms with Crippen LogP contribution in [0.5, 0.6) is 0 Å². The van der Waals surface area contributed by atoms with E-state index in [1.54, 1.807) is 0 Å². The molecular formula is C9F18O2. The molecule has 0 spiro atoms. The summed E-state index contributed by atoms with van der Waals surface area (Å²) in [7, 11) is 0. The summed E-state index contributed by atoms with van der Waals surface area (Å²) in [6.07, 6.45) is -31.4. The predicted octanol–water partition coefficient (Wildman–Crippen LogP) is 5.42. The van der Waals surface area contributed by atoms with Gasteiger partial charge in [0.25, 0.3) is 0 Å². The third-order valence-corrected chi connectivity index (χ3v) is 2.83. The van der Waals surface area contributed by atoms with E-state index in [9.17, 15) is 83.8 Å². The molecule has 0 aromatic carbocycles. The van der Waals surface area contributed by atoms with E-state index in [2.05, 4.69) is 0 Å². The molecule has 0 aromatic rings. The summed E-state index contributed by atoms with van der Waals surface area (Å²) in [5, 5.41) is 0. The number of hydrogen-bond donors (Lipinski definition) is 0. The van der Waals surface area contributed by atoms with E-state index in [-0.39, 0.29) is 0 Å². The second-order valence-electron chi connectivity index (χ2n) is 4.79. The molecule has 0 N–H and O–H groups in total. The maximum Gasteiger partial charge on any atom is 0.460 e. The Hall–Kier alpha value is -1.63. The van der Waals surface area contributed by atoms with Crippen molar-refractivity contribution in [2.24, 2.45) is 0 Å². The molecule has 0 aliphatic rings. The van der Waals surface area contributed by atoms with Gasteiger partial charge >= 0.3 is 54.0 Å². The van der Waals surface area contributed by atoms with E-state index in [1.165, 1.54) is 0 Å². The SMILES string of the molecule is O=C(F)C(F)(C(F)(F)F)C(F)(F)OC(F)(F)C(F)(F)C(F)(F)C(F)(F)C(F)(F)F. The summed E-state index contributed by atoms with van der Waals surface area (Å²) in [5.41, 5.74) is -7.58. The number of rotatable bonds is 7. The number of hydrogen-bond acceptors (Lipinski definition) is 2. The first-order chi connectivity index (χ1) is 12.2. The van der Waals surface area contributed by atoms with E-state index in [0.717, 1.165) is 4.74 Å². The quantitative estimate of drug-likeness (QED) is 0.358. The Morgan fingerprint density at radius 1 is 0.483 bits per heavy atom. The highest BCUT2D eigenvalue weighted by Crippen LogP contribution is 2.59. The number of ether oxygens (including phenoxy) is 1. The number of halogens is 18. The van der Waals surface area contributed by atoms with Crippen molar-refractivity contribution in [3.8, 4) is 0 Å². The second-order valence-corrected chi connectivity index (χ2v) is 4.79. The van der Waals surface area contributed by atoms with E-state index in [4.69, 9.17) is 0 Å². The Kier molecular flexibility index (Phi) is 6.31. The Morgan fingerprint density at radius 3 is 1.07 bits per heavy atom. The summed E-state index contributed by atoms with van der Waals surface area (Å²) in [4.78, 5) is 9.81. The maximum absolute atomic E-state index is 13.0. The molecule has 29 heavy (non-hydrogen) atoms. The molecule has 0 bridgehead atoms. The van der Waals surface area contributed by atoms with Crippen LogP contribution in [0.3, 0.4) is 0 Å². The minimum atomic E-state index is -8.44. The van der Waals surface area contributed by atoms with Crippen LogP contribution < -0.4 is 0 Å². The van der Waals surface area contributed by atoms with E-state index in [1.807, 2.05) is 0 Å². The van der Waals surface area contributed by atoms with Crippen LogP contribution in [0.25, 0.3) is 0 Å². The van der Waals surface area contributed by atoms with Crippen LogP contribution in [0.4, 0.5) is 79.0 Å². The molecule has 0 saturated carbocycles. The van der Waals surface area contributed by atoms with Crippen LogP contribution >= 0.6 is 0 Å². The molecular weight excluding hydrogens is 482 g/mol. The number of carbonyl (C=O) groups is 1. The standard InChI is InChI=1S/C9F18O2/c10-1(28)2(11,6(18,19)20)8(24,25)29-9(26,27)5(16,17)3(12,13)4(14,15)7(21,22)23. The highest BCUT2D eigenvalue weighted by molar-refractivity contribution is 5.80. The van der Waals surface area contributed by atoms with Crippen molar-refractivity contribution in [2.75, 3.05) is 0 Å². The van der Waals surface area contributed by atoms with Crippen molar-refractivity contribution in [3.63, 3.8) is 0 Å². The molecule has 0 amide bonds. The van der Waals surface area contributed by atoms with E-state index < -0.39 is 54.0 Å². The molecule has 0 rings (SSSR count). The molecule has 0 fully saturated rings. The van der Waals surface area contributed by atoms with Gasteiger partial charge in [-0.3, -0.25) is 4.79 Å². The van der Waals surface area contributed by atoms with Crippen molar-refractivity contribution < 1.29 is 88.6 Å². The lowest BCUT2D eigenvalue weighted by atomic mass is 10.0. The molecule has 2 nitrogen and oxygen atoms in total. The van der Waals surface area contributed by atoms with Crippen molar-refractivity contribution in [1.29, 1.82) is 0 Å². The lowest BCUT2D eigenvalue weighted by molar-refractivity contribution is -0.504. The van der Waals surface area contributed by atoms with Crippen molar-refractivity contribution in [3.05, 3.63) is 0 Å². The van der Waals surface area contributed by atoms with Crippen molar-refractivity contribution in [1.82, 2.24) is 0 Å². The van der Waals surface area contributed by atoms with Gasteiger partial charge < -0.3 is 0 Å². The fourth-order valence-electron chi connectivity index (χ4n) is 1.24. The first kappa shape index (κ1) is 27.4. The normalized spacial score (nSPS) is 17.9. The predicted molar refractivity (Wildman–Crippen MR) is 47.9 cm³/mol. The Balaban J connectivity index is 6.48. The Morgan fingerprint density at radius 2 is 0.828 bits per heavy atom. The largest absolute Gasteiger partial charge is 0.460 e.